The summed E-state index contributed by atoms with van der Waals surface area (Å²) in [5.74, 6) is 0. The molecular formula is C20H31BrN2O2. The van der Waals surface area contributed by atoms with E-state index >= 15 is 0 Å². The summed E-state index contributed by atoms with van der Waals surface area (Å²) >= 11 is 3.47. The Morgan fingerprint density at radius 3 is 2.40 bits per heavy atom. The summed E-state index contributed by atoms with van der Waals surface area (Å²) in [6.07, 6.45) is 4.13. The number of likely N-dealkylation sites (tertiary alicyclic amines) is 1. The van der Waals surface area contributed by atoms with Crippen molar-refractivity contribution in [3.8, 4) is 0 Å². The van der Waals surface area contributed by atoms with Gasteiger partial charge in [-0.05, 0) is 70.7 Å². The summed E-state index contributed by atoms with van der Waals surface area (Å²) in [7, 11) is 1.86. The molecule has 1 aromatic rings. The SMILES string of the molecule is CN(C(=O)OC(C)(C)C)C1CCN(CCCc2ccc(Br)cc2)CC1. The lowest BCUT2D eigenvalue weighted by Gasteiger charge is -2.37. The van der Waals surface area contributed by atoms with Gasteiger partial charge in [0.2, 0.25) is 0 Å². The summed E-state index contributed by atoms with van der Waals surface area (Å²) in [4.78, 5) is 16.5. The van der Waals surface area contributed by atoms with Crippen LogP contribution in [0, 0.1) is 0 Å². The van der Waals surface area contributed by atoms with Gasteiger partial charge in [-0.3, -0.25) is 0 Å². The van der Waals surface area contributed by atoms with Crippen LogP contribution in [0.4, 0.5) is 4.79 Å². The van der Waals surface area contributed by atoms with Gasteiger partial charge in [-0.15, -0.1) is 0 Å². The highest BCUT2D eigenvalue weighted by molar-refractivity contribution is 9.10. The van der Waals surface area contributed by atoms with E-state index in [2.05, 4.69) is 45.1 Å². The summed E-state index contributed by atoms with van der Waals surface area (Å²) in [5.41, 5.74) is 0.960. The molecule has 0 N–H and O–H groups in total. The maximum atomic E-state index is 12.2. The van der Waals surface area contributed by atoms with Crippen LogP contribution in [0.25, 0.3) is 0 Å². The fourth-order valence-electron chi connectivity index (χ4n) is 3.17. The number of nitrogens with zero attached hydrogens (tertiary/aromatic N) is 2. The molecule has 1 aromatic carbocycles. The van der Waals surface area contributed by atoms with Gasteiger partial charge in [-0.2, -0.15) is 0 Å². The van der Waals surface area contributed by atoms with Crippen molar-refractivity contribution in [2.24, 2.45) is 0 Å². The van der Waals surface area contributed by atoms with Crippen LogP contribution < -0.4 is 0 Å². The van der Waals surface area contributed by atoms with E-state index in [-0.39, 0.29) is 12.1 Å². The second-order valence-corrected chi connectivity index (χ2v) is 8.81. The first-order chi connectivity index (χ1) is 11.7. The number of hydrogen-bond acceptors (Lipinski definition) is 3. The van der Waals surface area contributed by atoms with E-state index in [1.165, 1.54) is 12.0 Å². The molecule has 1 amide bonds. The summed E-state index contributed by atoms with van der Waals surface area (Å²) < 4.78 is 6.60. The topological polar surface area (TPSA) is 32.8 Å². The molecule has 0 saturated carbocycles. The van der Waals surface area contributed by atoms with Crippen molar-refractivity contribution in [1.29, 1.82) is 0 Å². The molecule has 0 bridgehead atoms. The largest absolute Gasteiger partial charge is 0.444 e. The van der Waals surface area contributed by atoms with Gasteiger partial charge < -0.3 is 14.5 Å². The number of ether oxygens (including phenoxy) is 1. The fraction of sp³-hybridized carbons (Fsp3) is 0.650. The van der Waals surface area contributed by atoms with E-state index in [1.807, 2.05) is 27.8 Å². The number of rotatable bonds is 5. The van der Waals surface area contributed by atoms with Gasteiger partial charge in [0.1, 0.15) is 5.60 Å². The van der Waals surface area contributed by atoms with Gasteiger partial charge in [0.05, 0.1) is 0 Å². The molecule has 1 fully saturated rings. The lowest BCUT2D eigenvalue weighted by molar-refractivity contribution is 0.0152. The molecule has 0 aromatic heterocycles. The van der Waals surface area contributed by atoms with Crippen molar-refractivity contribution in [3.05, 3.63) is 34.3 Å². The molecule has 0 radical (unpaired) electrons. The van der Waals surface area contributed by atoms with Gasteiger partial charge in [0.25, 0.3) is 0 Å². The van der Waals surface area contributed by atoms with Crippen molar-refractivity contribution < 1.29 is 9.53 Å². The van der Waals surface area contributed by atoms with E-state index in [0.717, 1.165) is 43.4 Å². The number of halogens is 1. The molecular weight excluding hydrogens is 380 g/mol. The van der Waals surface area contributed by atoms with Crippen LogP contribution in [0.3, 0.4) is 0 Å². The predicted molar refractivity (Wildman–Crippen MR) is 106 cm³/mol. The fourth-order valence-corrected chi connectivity index (χ4v) is 3.44. The molecule has 0 aliphatic carbocycles. The van der Waals surface area contributed by atoms with Gasteiger partial charge in [-0.1, -0.05) is 28.1 Å². The Bertz CT molecular complexity index is 546. The van der Waals surface area contributed by atoms with E-state index in [1.54, 1.807) is 4.90 Å². The zero-order valence-electron chi connectivity index (χ0n) is 15.9. The lowest BCUT2D eigenvalue weighted by Crippen LogP contribution is -2.47. The van der Waals surface area contributed by atoms with Crippen LogP contribution in [-0.2, 0) is 11.2 Å². The summed E-state index contributed by atoms with van der Waals surface area (Å²) in [6, 6.07) is 8.87. The molecule has 25 heavy (non-hydrogen) atoms. The second kappa shape index (κ2) is 9.04. The predicted octanol–water partition coefficient (Wildman–Crippen LogP) is 4.71. The zero-order chi connectivity index (χ0) is 18.4. The summed E-state index contributed by atoms with van der Waals surface area (Å²) in [6.45, 7) is 8.96. The zero-order valence-corrected chi connectivity index (χ0v) is 17.5. The average Bonchev–Trinajstić information content (AvgIpc) is 2.55. The minimum atomic E-state index is -0.431. The minimum Gasteiger partial charge on any atom is -0.444 e. The van der Waals surface area contributed by atoms with E-state index in [9.17, 15) is 4.79 Å². The normalized spacial score (nSPS) is 16.7. The van der Waals surface area contributed by atoms with Crippen LogP contribution in [-0.4, -0.2) is 54.2 Å². The van der Waals surface area contributed by atoms with Gasteiger partial charge in [0, 0.05) is 30.7 Å². The molecule has 1 heterocycles. The van der Waals surface area contributed by atoms with Crippen molar-refractivity contribution in [2.45, 2.75) is 58.1 Å². The van der Waals surface area contributed by atoms with Crippen LogP contribution in [0.1, 0.15) is 45.6 Å². The number of piperidine rings is 1. The van der Waals surface area contributed by atoms with Crippen molar-refractivity contribution in [2.75, 3.05) is 26.7 Å². The minimum absolute atomic E-state index is 0.207. The Labute approximate surface area is 160 Å². The Morgan fingerprint density at radius 1 is 1.24 bits per heavy atom. The second-order valence-electron chi connectivity index (χ2n) is 7.89. The van der Waals surface area contributed by atoms with E-state index < -0.39 is 5.60 Å². The molecule has 1 saturated heterocycles. The Morgan fingerprint density at radius 2 is 1.84 bits per heavy atom. The quantitative estimate of drug-likeness (QED) is 0.704. The number of benzene rings is 1. The van der Waals surface area contributed by atoms with Gasteiger partial charge in [-0.25, -0.2) is 4.79 Å². The van der Waals surface area contributed by atoms with Crippen molar-refractivity contribution in [3.63, 3.8) is 0 Å². The van der Waals surface area contributed by atoms with E-state index in [0.29, 0.717) is 0 Å². The lowest BCUT2D eigenvalue weighted by atomic mass is 10.0. The van der Waals surface area contributed by atoms with Crippen LogP contribution in [0.2, 0.25) is 0 Å². The molecule has 1 aliphatic heterocycles. The first-order valence-corrected chi connectivity index (χ1v) is 9.96. The first kappa shape index (κ1) is 20.2. The van der Waals surface area contributed by atoms with Crippen LogP contribution in [0.5, 0.6) is 0 Å². The molecule has 5 heteroatoms. The monoisotopic (exact) mass is 410 g/mol. The van der Waals surface area contributed by atoms with Gasteiger partial charge >= 0.3 is 6.09 Å². The number of aryl methyl sites for hydroxylation is 1. The third-order valence-electron chi connectivity index (χ3n) is 4.64. The molecule has 2 rings (SSSR count). The molecule has 1 aliphatic rings. The standard InChI is InChI=1S/C20H31BrN2O2/c1-20(2,3)25-19(24)22(4)18-11-14-23(15-12-18)13-5-6-16-7-9-17(21)10-8-16/h7-10,18H,5-6,11-15H2,1-4H3. The molecule has 0 unspecified atom stereocenters. The van der Waals surface area contributed by atoms with E-state index in [4.69, 9.17) is 4.74 Å². The van der Waals surface area contributed by atoms with Gasteiger partial charge in [0.15, 0.2) is 0 Å². The first-order valence-electron chi connectivity index (χ1n) is 9.17. The van der Waals surface area contributed by atoms with Crippen molar-refractivity contribution in [1.82, 2.24) is 9.80 Å². The van der Waals surface area contributed by atoms with Crippen LogP contribution >= 0.6 is 15.9 Å². The Hall–Kier alpha value is -1.07. The number of amides is 1. The maximum Gasteiger partial charge on any atom is 0.410 e. The van der Waals surface area contributed by atoms with Crippen molar-refractivity contribution >= 4 is 22.0 Å². The molecule has 0 spiro atoms. The average molecular weight is 411 g/mol. The third-order valence-corrected chi connectivity index (χ3v) is 5.17. The Balaban J connectivity index is 1.68. The Kier molecular flexibility index (Phi) is 7.32. The molecule has 4 nitrogen and oxygen atoms in total. The number of hydrogen-bond donors (Lipinski definition) is 0. The highest BCUT2D eigenvalue weighted by Gasteiger charge is 2.28. The number of carbonyl (C=O) groups is 1. The molecule has 140 valence electrons. The highest BCUT2D eigenvalue weighted by atomic mass is 79.9. The maximum absolute atomic E-state index is 12.2. The highest BCUT2D eigenvalue weighted by Crippen LogP contribution is 2.19. The number of carbonyl (C=O) groups excluding carboxylic acids is 1. The molecule has 0 atom stereocenters. The van der Waals surface area contributed by atoms with Crippen LogP contribution in [0.15, 0.2) is 28.7 Å². The smallest absolute Gasteiger partial charge is 0.410 e. The third kappa shape index (κ3) is 6.98. The summed E-state index contributed by atoms with van der Waals surface area (Å²) in [5, 5.41) is 0.